The molecule has 0 aliphatic carbocycles. The number of hydroxylamine groups is 1. The molecular formula is C16H12FN3O3. The van der Waals surface area contributed by atoms with Gasteiger partial charge in [0, 0.05) is 5.56 Å². The topological polar surface area (TPSA) is 84.3 Å². The summed E-state index contributed by atoms with van der Waals surface area (Å²) in [5, 5.41) is 8.66. The summed E-state index contributed by atoms with van der Waals surface area (Å²) in [5.41, 5.74) is 3.66. The zero-order valence-corrected chi connectivity index (χ0v) is 11.9. The van der Waals surface area contributed by atoms with Gasteiger partial charge in [-0.1, -0.05) is 12.1 Å². The van der Waals surface area contributed by atoms with E-state index in [1.807, 2.05) is 0 Å². The van der Waals surface area contributed by atoms with E-state index in [1.54, 1.807) is 23.7 Å². The van der Waals surface area contributed by atoms with Crippen LogP contribution in [0.25, 0.3) is 11.0 Å². The maximum absolute atomic E-state index is 12.8. The molecule has 0 saturated carbocycles. The molecule has 0 unspecified atom stereocenters. The Hall–Kier alpha value is -3.06. The lowest BCUT2D eigenvalue weighted by Crippen LogP contribution is -2.18. The lowest BCUT2D eigenvalue weighted by molar-refractivity contribution is 0.0706. The second kappa shape index (κ2) is 6.37. The van der Waals surface area contributed by atoms with E-state index in [0.717, 1.165) is 5.56 Å². The normalized spacial score (nSPS) is 10.5. The van der Waals surface area contributed by atoms with Crippen molar-refractivity contribution in [3.8, 4) is 5.88 Å². The minimum Gasteiger partial charge on any atom is -0.472 e. The van der Waals surface area contributed by atoms with Gasteiger partial charge in [-0.2, -0.15) is 0 Å². The summed E-state index contributed by atoms with van der Waals surface area (Å²) in [6.45, 7) is 0.220. The summed E-state index contributed by atoms with van der Waals surface area (Å²) in [6.07, 6.45) is 1.47. The SMILES string of the molecule is O=C(NO)c1ccc2ncc(OCc3ccc(F)cc3)nc2c1. The monoisotopic (exact) mass is 313 g/mol. The minimum absolute atomic E-state index is 0.220. The quantitative estimate of drug-likeness (QED) is 0.571. The number of nitrogens with one attached hydrogen (secondary N) is 1. The summed E-state index contributed by atoms with van der Waals surface area (Å²) >= 11 is 0. The van der Waals surface area contributed by atoms with Crippen molar-refractivity contribution in [2.24, 2.45) is 0 Å². The van der Waals surface area contributed by atoms with Crippen LogP contribution in [0.5, 0.6) is 5.88 Å². The van der Waals surface area contributed by atoms with E-state index in [1.165, 1.54) is 30.5 Å². The smallest absolute Gasteiger partial charge is 0.274 e. The second-order valence-electron chi connectivity index (χ2n) is 4.77. The summed E-state index contributed by atoms with van der Waals surface area (Å²) in [7, 11) is 0. The number of aromatic nitrogens is 2. The predicted molar refractivity (Wildman–Crippen MR) is 79.5 cm³/mol. The largest absolute Gasteiger partial charge is 0.472 e. The van der Waals surface area contributed by atoms with Gasteiger partial charge in [-0.25, -0.2) is 19.8 Å². The summed E-state index contributed by atoms with van der Waals surface area (Å²) in [4.78, 5) is 19.9. The number of rotatable bonds is 4. The van der Waals surface area contributed by atoms with Crippen LogP contribution in [-0.2, 0) is 6.61 Å². The highest BCUT2D eigenvalue weighted by molar-refractivity contribution is 5.96. The lowest BCUT2D eigenvalue weighted by Gasteiger charge is -2.06. The van der Waals surface area contributed by atoms with Gasteiger partial charge >= 0.3 is 0 Å². The Bertz CT molecular complexity index is 853. The molecule has 1 heterocycles. The molecule has 6 nitrogen and oxygen atoms in total. The van der Waals surface area contributed by atoms with E-state index >= 15 is 0 Å². The Morgan fingerprint density at radius 2 is 1.96 bits per heavy atom. The van der Waals surface area contributed by atoms with Crippen molar-refractivity contribution in [2.75, 3.05) is 0 Å². The van der Waals surface area contributed by atoms with Gasteiger partial charge in [0.2, 0.25) is 5.88 Å². The number of ether oxygens (including phenoxy) is 1. The van der Waals surface area contributed by atoms with Crippen LogP contribution in [0, 0.1) is 5.82 Å². The first-order valence-corrected chi connectivity index (χ1v) is 6.74. The lowest BCUT2D eigenvalue weighted by atomic mass is 10.2. The van der Waals surface area contributed by atoms with Crippen LogP contribution in [0.4, 0.5) is 4.39 Å². The number of hydrogen-bond acceptors (Lipinski definition) is 5. The molecule has 1 amide bonds. The van der Waals surface area contributed by atoms with Crippen LogP contribution in [0.3, 0.4) is 0 Å². The van der Waals surface area contributed by atoms with Gasteiger partial charge in [-0.3, -0.25) is 10.0 Å². The fraction of sp³-hybridized carbons (Fsp3) is 0.0625. The second-order valence-corrected chi connectivity index (χ2v) is 4.77. The Labute approximate surface area is 130 Å². The third-order valence-corrected chi connectivity index (χ3v) is 3.18. The van der Waals surface area contributed by atoms with Crippen molar-refractivity contribution in [1.82, 2.24) is 15.4 Å². The molecule has 2 aromatic carbocycles. The molecule has 0 aliphatic heterocycles. The number of benzene rings is 2. The molecule has 23 heavy (non-hydrogen) atoms. The molecule has 0 fully saturated rings. The molecule has 116 valence electrons. The van der Waals surface area contributed by atoms with Crippen molar-refractivity contribution < 1.29 is 19.1 Å². The van der Waals surface area contributed by atoms with Gasteiger partial charge in [0.25, 0.3) is 5.91 Å². The first-order chi connectivity index (χ1) is 11.2. The number of hydrogen-bond donors (Lipinski definition) is 2. The highest BCUT2D eigenvalue weighted by Gasteiger charge is 2.07. The Morgan fingerprint density at radius 1 is 1.17 bits per heavy atom. The highest BCUT2D eigenvalue weighted by atomic mass is 19.1. The molecule has 0 saturated heterocycles. The first-order valence-electron chi connectivity index (χ1n) is 6.74. The van der Waals surface area contributed by atoms with Gasteiger partial charge in [0.1, 0.15) is 12.4 Å². The van der Waals surface area contributed by atoms with E-state index in [2.05, 4.69) is 9.97 Å². The fourth-order valence-corrected chi connectivity index (χ4v) is 2.01. The van der Waals surface area contributed by atoms with E-state index in [4.69, 9.17) is 9.94 Å². The molecule has 3 aromatic rings. The van der Waals surface area contributed by atoms with Gasteiger partial charge < -0.3 is 4.74 Å². The predicted octanol–water partition coefficient (Wildman–Crippen LogP) is 2.47. The number of amides is 1. The molecule has 0 radical (unpaired) electrons. The van der Waals surface area contributed by atoms with E-state index in [0.29, 0.717) is 11.0 Å². The van der Waals surface area contributed by atoms with Crippen molar-refractivity contribution >= 4 is 16.9 Å². The van der Waals surface area contributed by atoms with Crippen molar-refractivity contribution in [2.45, 2.75) is 6.61 Å². The molecule has 0 bridgehead atoms. The zero-order valence-electron chi connectivity index (χ0n) is 11.9. The molecular weight excluding hydrogens is 301 g/mol. The van der Waals surface area contributed by atoms with E-state index in [-0.39, 0.29) is 23.9 Å². The van der Waals surface area contributed by atoms with Gasteiger partial charge in [-0.15, -0.1) is 0 Å². The summed E-state index contributed by atoms with van der Waals surface area (Å²) in [6, 6.07) is 10.6. The molecule has 7 heteroatoms. The van der Waals surface area contributed by atoms with Gasteiger partial charge in [0.05, 0.1) is 17.2 Å². The van der Waals surface area contributed by atoms with Crippen LogP contribution in [0.2, 0.25) is 0 Å². The molecule has 2 N–H and O–H groups in total. The third kappa shape index (κ3) is 3.41. The summed E-state index contributed by atoms with van der Waals surface area (Å²) in [5.74, 6) is -0.663. The van der Waals surface area contributed by atoms with Crippen LogP contribution in [-0.4, -0.2) is 21.1 Å². The van der Waals surface area contributed by atoms with Crippen molar-refractivity contribution in [1.29, 1.82) is 0 Å². The first kappa shape index (κ1) is 14.9. The van der Waals surface area contributed by atoms with Crippen molar-refractivity contribution in [3.05, 3.63) is 65.6 Å². The number of nitrogens with zero attached hydrogens (tertiary/aromatic N) is 2. The molecule has 3 rings (SSSR count). The van der Waals surface area contributed by atoms with E-state index < -0.39 is 5.91 Å². The Morgan fingerprint density at radius 3 is 2.70 bits per heavy atom. The average molecular weight is 313 g/mol. The number of halogens is 1. The molecule has 1 aromatic heterocycles. The minimum atomic E-state index is -0.633. The van der Waals surface area contributed by atoms with Gasteiger partial charge in [-0.05, 0) is 35.9 Å². The third-order valence-electron chi connectivity index (χ3n) is 3.18. The zero-order chi connectivity index (χ0) is 16.2. The van der Waals surface area contributed by atoms with Crippen LogP contribution >= 0.6 is 0 Å². The fourth-order valence-electron chi connectivity index (χ4n) is 2.01. The van der Waals surface area contributed by atoms with Crippen molar-refractivity contribution in [3.63, 3.8) is 0 Å². The number of fused-ring (bicyclic) bond motifs is 1. The maximum Gasteiger partial charge on any atom is 0.274 e. The number of carbonyl (C=O) groups is 1. The van der Waals surface area contributed by atoms with Gasteiger partial charge in [0.15, 0.2) is 0 Å². The Kier molecular flexibility index (Phi) is 4.11. The highest BCUT2D eigenvalue weighted by Crippen LogP contribution is 2.16. The maximum atomic E-state index is 12.8. The standard InChI is InChI=1S/C16H12FN3O3/c17-12-4-1-10(2-5-12)9-23-15-8-18-13-6-3-11(16(21)20-22)7-14(13)19-15/h1-8,22H,9H2,(H,20,21). The van der Waals surface area contributed by atoms with Crippen LogP contribution in [0.15, 0.2) is 48.7 Å². The van der Waals surface area contributed by atoms with Crippen LogP contribution < -0.4 is 10.2 Å². The molecule has 0 spiro atoms. The average Bonchev–Trinajstić information content (AvgIpc) is 2.60. The molecule has 0 aliphatic rings. The summed E-state index contributed by atoms with van der Waals surface area (Å²) < 4.78 is 18.4. The van der Waals surface area contributed by atoms with Crippen LogP contribution in [0.1, 0.15) is 15.9 Å². The Balaban J connectivity index is 1.80. The van der Waals surface area contributed by atoms with E-state index in [9.17, 15) is 9.18 Å². The number of carbonyl (C=O) groups excluding carboxylic acids is 1. The molecule has 0 atom stereocenters.